The summed E-state index contributed by atoms with van der Waals surface area (Å²) in [6.45, 7) is 6.07. The Morgan fingerprint density at radius 3 is 3.17 bits per heavy atom. The molecule has 12 heavy (non-hydrogen) atoms. The topological polar surface area (TPSA) is 32.7 Å². The molecule has 0 amide bonds. The van der Waals surface area contributed by atoms with E-state index in [0.717, 1.165) is 19.7 Å². The molecule has 0 radical (unpaired) electrons. The Balaban J connectivity index is 2.34. The molecule has 1 heterocycles. The van der Waals surface area contributed by atoms with E-state index in [2.05, 4.69) is 11.5 Å². The van der Waals surface area contributed by atoms with Gasteiger partial charge in [0, 0.05) is 13.1 Å². The summed E-state index contributed by atoms with van der Waals surface area (Å²) in [7, 11) is 2.04. The maximum absolute atomic E-state index is 9.57. The number of hydrogen-bond acceptors (Lipinski definition) is 3. The zero-order valence-electron chi connectivity index (χ0n) is 7.57. The Morgan fingerprint density at radius 1 is 1.83 bits per heavy atom. The van der Waals surface area contributed by atoms with Crippen LogP contribution >= 0.6 is 0 Å². The Morgan fingerprint density at radius 2 is 2.58 bits per heavy atom. The summed E-state index contributed by atoms with van der Waals surface area (Å²) in [6.07, 6.45) is 1.90. The molecule has 70 valence electrons. The maximum atomic E-state index is 9.57. The van der Waals surface area contributed by atoms with Gasteiger partial charge < -0.3 is 14.7 Å². The van der Waals surface area contributed by atoms with Crippen LogP contribution in [-0.2, 0) is 4.74 Å². The minimum atomic E-state index is -0.398. The Kier molecular flexibility index (Phi) is 3.72. The van der Waals surface area contributed by atoms with E-state index in [1.165, 1.54) is 0 Å². The molecule has 0 bridgehead atoms. The van der Waals surface area contributed by atoms with Crippen molar-refractivity contribution in [1.29, 1.82) is 0 Å². The first kappa shape index (κ1) is 9.71. The minimum absolute atomic E-state index is 0.0400. The highest BCUT2D eigenvalue weighted by Crippen LogP contribution is 2.09. The van der Waals surface area contributed by atoms with E-state index in [4.69, 9.17) is 4.74 Å². The quantitative estimate of drug-likeness (QED) is 0.618. The number of nitrogens with zero attached hydrogens (tertiary/aromatic N) is 1. The fourth-order valence-electron chi connectivity index (χ4n) is 1.37. The normalized spacial score (nSPS) is 28.3. The van der Waals surface area contributed by atoms with Gasteiger partial charge in [0.2, 0.25) is 0 Å². The molecule has 2 atom stereocenters. The van der Waals surface area contributed by atoms with Crippen LogP contribution in [0.1, 0.15) is 6.42 Å². The summed E-state index contributed by atoms with van der Waals surface area (Å²) in [5.41, 5.74) is 0. The lowest BCUT2D eigenvalue weighted by atomic mass is 10.1. The van der Waals surface area contributed by atoms with Crippen LogP contribution in [0.3, 0.4) is 0 Å². The highest BCUT2D eigenvalue weighted by atomic mass is 16.5. The molecule has 1 rings (SSSR count). The first-order valence-electron chi connectivity index (χ1n) is 4.33. The van der Waals surface area contributed by atoms with E-state index in [9.17, 15) is 5.11 Å². The lowest BCUT2D eigenvalue weighted by Crippen LogP contribution is -2.45. The number of hydrogen-bond donors (Lipinski definition) is 1. The van der Waals surface area contributed by atoms with Gasteiger partial charge in [-0.05, 0) is 13.5 Å². The molecule has 3 heteroatoms. The van der Waals surface area contributed by atoms with Crippen LogP contribution in [0.2, 0.25) is 0 Å². The van der Waals surface area contributed by atoms with E-state index < -0.39 is 6.10 Å². The van der Waals surface area contributed by atoms with Crippen molar-refractivity contribution in [1.82, 2.24) is 4.90 Å². The van der Waals surface area contributed by atoms with E-state index in [0.29, 0.717) is 6.42 Å². The van der Waals surface area contributed by atoms with Crippen LogP contribution in [0.5, 0.6) is 0 Å². The molecule has 1 fully saturated rings. The molecule has 1 N–H and O–H groups in total. The third-order valence-electron chi connectivity index (χ3n) is 2.13. The summed E-state index contributed by atoms with van der Waals surface area (Å²) < 4.78 is 5.42. The Bertz CT molecular complexity index is 149. The molecule has 3 nitrogen and oxygen atoms in total. The van der Waals surface area contributed by atoms with Crippen molar-refractivity contribution < 1.29 is 9.84 Å². The second-order valence-corrected chi connectivity index (χ2v) is 3.26. The molecule has 0 aromatic rings. The van der Waals surface area contributed by atoms with Crippen LogP contribution in [0, 0.1) is 0 Å². The van der Waals surface area contributed by atoms with Gasteiger partial charge >= 0.3 is 0 Å². The van der Waals surface area contributed by atoms with Gasteiger partial charge in [-0.15, -0.1) is 6.58 Å². The van der Waals surface area contributed by atoms with Crippen molar-refractivity contribution in [3.8, 4) is 0 Å². The number of morpholine rings is 1. The number of rotatable bonds is 3. The summed E-state index contributed by atoms with van der Waals surface area (Å²) in [5, 5.41) is 9.57. The third kappa shape index (κ3) is 2.59. The number of aliphatic hydroxyl groups excluding tert-OH is 1. The average molecular weight is 171 g/mol. The largest absolute Gasteiger partial charge is 0.390 e. The van der Waals surface area contributed by atoms with Crippen molar-refractivity contribution in [2.24, 2.45) is 0 Å². The van der Waals surface area contributed by atoms with Gasteiger partial charge in [-0.3, -0.25) is 0 Å². The van der Waals surface area contributed by atoms with Gasteiger partial charge in [0.15, 0.2) is 0 Å². The highest BCUT2D eigenvalue weighted by Gasteiger charge is 2.23. The second kappa shape index (κ2) is 4.60. The van der Waals surface area contributed by atoms with Crippen molar-refractivity contribution in [3.63, 3.8) is 0 Å². The standard InChI is InChI=1S/C9H17NO2/c1-3-4-8(11)9-7-10(2)5-6-12-9/h3,8-9,11H,1,4-7H2,2H3. The van der Waals surface area contributed by atoms with E-state index >= 15 is 0 Å². The van der Waals surface area contributed by atoms with Gasteiger partial charge in [0.25, 0.3) is 0 Å². The molecule has 1 aliphatic rings. The number of likely N-dealkylation sites (N-methyl/N-ethyl adjacent to an activating group) is 1. The van der Waals surface area contributed by atoms with Gasteiger partial charge in [0.05, 0.1) is 18.8 Å². The first-order chi connectivity index (χ1) is 5.74. The maximum Gasteiger partial charge on any atom is 0.0963 e. The summed E-state index contributed by atoms with van der Waals surface area (Å²) in [6, 6.07) is 0. The van der Waals surface area contributed by atoms with Gasteiger partial charge in [-0.25, -0.2) is 0 Å². The molecule has 0 aliphatic carbocycles. The van der Waals surface area contributed by atoms with E-state index in [1.54, 1.807) is 6.08 Å². The monoisotopic (exact) mass is 171 g/mol. The molecule has 0 aromatic heterocycles. The highest BCUT2D eigenvalue weighted by molar-refractivity contribution is 4.81. The van der Waals surface area contributed by atoms with Crippen LogP contribution in [0.15, 0.2) is 12.7 Å². The van der Waals surface area contributed by atoms with Crippen LogP contribution in [0.25, 0.3) is 0 Å². The predicted molar refractivity (Wildman–Crippen MR) is 48.1 cm³/mol. The fourth-order valence-corrected chi connectivity index (χ4v) is 1.37. The molecule has 0 aromatic carbocycles. The molecule has 0 spiro atoms. The SMILES string of the molecule is C=CCC(O)C1CN(C)CCO1. The minimum Gasteiger partial charge on any atom is -0.390 e. The van der Waals surface area contributed by atoms with Crippen molar-refractivity contribution >= 4 is 0 Å². The molecular weight excluding hydrogens is 154 g/mol. The number of ether oxygens (including phenoxy) is 1. The van der Waals surface area contributed by atoms with Gasteiger partial charge in [0.1, 0.15) is 0 Å². The molecule has 0 saturated carbocycles. The van der Waals surface area contributed by atoms with Gasteiger partial charge in [-0.2, -0.15) is 0 Å². The summed E-state index contributed by atoms with van der Waals surface area (Å²) in [4.78, 5) is 2.17. The zero-order valence-corrected chi connectivity index (χ0v) is 7.57. The molecule has 1 aliphatic heterocycles. The van der Waals surface area contributed by atoms with Crippen molar-refractivity contribution in [2.75, 3.05) is 26.7 Å². The van der Waals surface area contributed by atoms with Crippen LogP contribution in [0.4, 0.5) is 0 Å². The molecule has 2 unspecified atom stereocenters. The Hall–Kier alpha value is -0.380. The smallest absolute Gasteiger partial charge is 0.0963 e. The van der Waals surface area contributed by atoms with E-state index in [1.807, 2.05) is 7.05 Å². The molecule has 1 saturated heterocycles. The average Bonchev–Trinajstić information content (AvgIpc) is 2.05. The zero-order chi connectivity index (χ0) is 8.97. The van der Waals surface area contributed by atoms with Crippen molar-refractivity contribution in [2.45, 2.75) is 18.6 Å². The predicted octanol–water partition coefficient (Wildman–Crippen LogP) is 0.254. The van der Waals surface area contributed by atoms with Crippen LogP contribution in [-0.4, -0.2) is 49.0 Å². The lowest BCUT2D eigenvalue weighted by Gasteiger charge is -2.32. The van der Waals surface area contributed by atoms with E-state index in [-0.39, 0.29) is 6.10 Å². The third-order valence-corrected chi connectivity index (χ3v) is 2.13. The fraction of sp³-hybridized carbons (Fsp3) is 0.778. The molecular formula is C9H17NO2. The lowest BCUT2D eigenvalue weighted by molar-refractivity contribution is -0.0815. The van der Waals surface area contributed by atoms with Crippen molar-refractivity contribution in [3.05, 3.63) is 12.7 Å². The Labute approximate surface area is 73.6 Å². The summed E-state index contributed by atoms with van der Waals surface area (Å²) in [5.74, 6) is 0. The first-order valence-corrected chi connectivity index (χ1v) is 4.33. The summed E-state index contributed by atoms with van der Waals surface area (Å²) >= 11 is 0. The number of aliphatic hydroxyl groups is 1. The second-order valence-electron chi connectivity index (χ2n) is 3.26. The van der Waals surface area contributed by atoms with Crippen LogP contribution < -0.4 is 0 Å². The van der Waals surface area contributed by atoms with Gasteiger partial charge in [-0.1, -0.05) is 6.08 Å².